The quantitative estimate of drug-likeness (QED) is 0.112. The number of carbonyl (C=O) groups excluding carboxylic acids is 3. The van der Waals surface area contributed by atoms with E-state index in [1.54, 1.807) is 90.1 Å². The van der Waals surface area contributed by atoms with Gasteiger partial charge in [0, 0.05) is 25.2 Å². The maximum atomic E-state index is 14.1. The third-order valence-corrected chi connectivity index (χ3v) is 7.82. The van der Waals surface area contributed by atoms with Gasteiger partial charge in [0.15, 0.2) is 0 Å². The fourth-order valence-electron chi connectivity index (χ4n) is 4.78. The Morgan fingerprint density at radius 1 is 0.759 bits per heavy atom. The first-order valence-corrected chi connectivity index (χ1v) is 17.5. The second-order valence-corrected chi connectivity index (χ2v) is 14.9. The summed E-state index contributed by atoms with van der Waals surface area (Å²) in [5.41, 5.74) is 1.67. The Morgan fingerprint density at radius 3 is 1.59 bits per heavy atom. The molecule has 0 saturated carbocycles. The van der Waals surface area contributed by atoms with Crippen molar-refractivity contribution >= 4 is 41.7 Å². The summed E-state index contributed by atoms with van der Waals surface area (Å²) in [5.74, 6) is -0.941. The van der Waals surface area contributed by atoms with Crippen LogP contribution in [0.2, 0.25) is 10.0 Å². The number of benzene rings is 2. The Kier molecular flexibility index (Phi) is 15.9. The van der Waals surface area contributed by atoms with Crippen LogP contribution in [0.3, 0.4) is 0 Å². The van der Waals surface area contributed by atoms with E-state index in [1.807, 2.05) is 0 Å². The fraction of sp³-hybridized carbons (Fsp3) is 0.359. The number of aromatic nitrogens is 2. The molecule has 15 heteroatoms. The van der Waals surface area contributed by atoms with Crippen molar-refractivity contribution in [3.05, 3.63) is 128 Å². The molecular formula is C39H44Cl2F2N4O7. The molecule has 4 rings (SSSR count). The number of alkyl carbamates (subject to hydrolysis) is 2. The molecule has 2 unspecified atom stereocenters. The molecule has 0 fully saturated rings. The van der Waals surface area contributed by atoms with E-state index >= 15 is 0 Å². The van der Waals surface area contributed by atoms with Crippen molar-refractivity contribution in [3.63, 3.8) is 0 Å². The van der Waals surface area contributed by atoms with E-state index in [-0.39, 0.29) is 16.5 Å². The van der Waals surface area contributed by atoms with Gasteiger partial charge in [0.25, 0.3) is 0 Å². The Morgan fingerprint density at radius 2 is 1.20 bits per heavy atom. The average molecular weight is 790 g/mol. The van der Waals surface area contributed by atoms with Crippen molar-refractivity contribution in [3.8, 4) is 0 Å². The van der Waals surface area contributed by atoms with Crippen LogP contribution >= 0.6 is 23.2 Å². The molecule has 2 amide bonds. The van der Waals surface area contributed by atoms with Gasteiger partial charge in [-0.1, -0.05) is 59.6 Å². The third kappa shape index (κ3) is 13.9. The van der Waals surface area contributed by atoms with Crippen LogP contribution in [0.5, 0.6) is 0 Å². The maximum absolute atomic E-state index is 14.1. The van der Waals surface area contributed by atoms with Gasteiger partial charge in [-0.25, -0.2) is 18.4 Å². The topological polar surface area (TPSA) is 160 Å². The molecule has 2 aromatic carbocycles. The highest BCUT2D eigenvalue weighted by atomic mass is 35.5. The lowest BCUT2D eigenvalue weighted by Crippen LogP contribution is -2.41. The molecule has 0 spiro atoms. The highest BCUT2D eigenvalue weighted by Crippen LogP contribution is 2.23. The number of amides is 2. The van der Waals surface area contributed by atoms with Crippen LogP contribution in [-0.4, -0.2) is 62.6 Å². The number of hydrogen-bond donors (Lipinski definition) is 4. The third-order valence-electron chi connectivity index (χ3n) is 7.24. The van der Waals surface area contributed by atoms with Gasteiger partial charge in [-0.05, 0) is 88.1 Å². The fourth-order valence-corrected chi connectivity index (χ4v) is 5.17. The van der Waals surface area contributed by atoms with Gasteiger partial charge >= 0.3 is 12.2 Å². The maximum Gasteiger partial charge on any atom is 0.408 e. The minimum atomic E-state index is -1.27. The van der Waals surface area contributed by atoms with Crippen LogP contribution in [0.25, 0.3) is 0 Å². The van der Waals surface area contributed by atoms with Gasteiger partial charge in [0.05, 0.1) is 28.0 Å². The second-order valence-electron chi connectivity index (χ2n) is 14.1. The van der Waals surface area contributed by atoms with Crippen molar-refractivity contribution in [1.29, 1.82) is 0 Å². The number of nitrogens with zero attached hydrogens (tertiary/aromatic N) is 2. The number of nitrogens with one attached hydrogen (secondary N) is 2. The van der Waals surface area contributed by atoms with Crippen LogP contribution in [0.4, 0.5) is 18.4 Å². The monoisotopic (exact) mass is 788 g/mol. The number of aliphatic hydroxyl groups excluding tert-OH is 2. The number of carbonyl (C=O) groups is 3. The molecule has 2 heterocycles. The summed E-state index contributed by atoms with van der Waals surface area (Å²) in [6, 6.07) is 14.3. The summed E-state index contributed by atoms with van der Waals surface area (Å²) in [5, 5.41) is 24.4. The minimum Gasteiger partial charge on any atom is -0.444 e. The van der Waals surface area contributed by atoms with Crippen LogP contribution in [0.1, 0.15) is 87.3 Å². The highest BCUT2D eigenvalue weighted by Gasteiger charge is 2.27. The Balaban J connectivity index is 0.000000291. The molecule has 0 aliphatic carbocycles. The zero-order valence-corrected chi connectivity index (χ0v) is 32.2. The number of ether oxygens (including phenoxy) is 2. The molecular weight excluding hydrogens is 745 g/mol. The summed E-state index contributed by atoms with van der Waals surface area (Å²) in [6.45, 7) is 9.75. The molecule has 0 aliphatic heterocycles. The first-order chi connectivity index (χ1) is 25.3. The average Bonchev–Trinajstić information content (AvgIpc) is 3.09. The van der Waals surface area contributed by atoms with E-state index < -0.39 is 59.8 Å². The Bertz CT molecular complexity index is 1870. The molecule has 0 bridgehead atoms. The molecule has 2 aromatic heterocycles. The molecule has 3 atom stereocenters. The number of aldehydes is 1. The number of rotatable bonds is 11. The van der Waals surface area contributed by atoms with E-state index in [4.69, 9.17) is 32.7 Å². The van der Waals surface area contributed by atoms with E-state index in [0.717, 1.165) is 11.1 Å². The molecule has 0 saturated heterocycles. The second kappa shape index (κ2) is 19.6. The smallest absolute Gasteiger partial charge is 0.408 e. The lowest BCUT2D eigenvalue weighted by molar-refractivity contribution is -0.109. The number of halogens is 4. The predicted octanol–water partition coefficient (Wildman–Crippen LogP) is 7.61. The Hall–Kier alpha value is -4.69. The first kappa shape index (κ1) is 43.7. The normalized spacial score (nSPS) is 13.0. The van der Waals surface area contributed by atoms with Crippen LogP contribution < -0.4 is 10.6 Å². The molecule has 4 N–H and O–H groups in total. The lowest BCUT2D eigenvalue weighted by atomic mass is 10.0. The summed E-state index contributed by atoms with van der Waals surface area (Å²) < 4.78 is 38.3. The van der Waals surface area contributed by atoms with Crippen molar-refractivity contribution in [2.24, 2.45) is 0 Å². The first-order valence-electron chi connectivity index (χ1n) is 16.8. The van der Waals surface area contributed by atoms with Gasteiger partial charge in [0.1, 0.15) is 47.3 Å². The van der Waals surface area contributed by atoms with Crippen molar-refractivity contribution in [2.45, 2.75) is 83.8 Å². The van der Waals surface area contributed by atoms with Crippen LogP contribution in [0, 0.1) is 11.6 Å². The van der Waals surface area contributed by atoms with E-state index in [0.29, 0.717) is 35.2 Å². The zero-order chi connectivity index (χ0) is 40.2. The number of pyridine rings is 2. The summed E-state index contributed by atoms with van der Waals surface area (Å²) in [4.78, 5) is 43.6. The standard InChI is InChI=1S/C20H24ClFN2O4.C19H20ClFN2O3/c1-20(2,3)28-19(27)24-18(16(26)11-25)15-8-7-12(10-23-15)9-13-5-4-6-14(21)17(13)22;1-19(2,3)26-18(25)23-16(11-24)15-8-7-12(10-22-15)9-13-5-4-6-14(20)17(13)21/h4-8,10,16,18,25-26H,9,11H2,1-3H3,(H,24,27);4-8,10-11,16H,9H2,1-3H3,(H,23,25)/t16-,18?;/m1./s1. The predicted molar refractivity (Wildman–Crippen MR) is 200 cm³/mol. The zero-order valence-electron chi connectivity index (χ0n) is 30.7. The van der Waals surface area contributed by atoms with Gasteiger partial charge < -0.3 is 35.1 Å². The van der Waals surface area contributed by atoms with Gasteiger partial charge in [-0.2, -0.15) is 0 Å². The van der Waals surface area contributed by atoms with Gasteiger partial charge in [-0.15, -0.1) is 0 Å². The van der Waals surface area contributed by atoms with Gasteiger partial charge in [-0.3, -0.25) is 9.97 Å². The molecule has 0 radical (unpaired) electrons. The van der Waals surface area contributed by atoms with Crippen molar-refractivity contribution < 1.29 is 42.9 Å². The molecule has 290 valence electrons. The van der Waals surface area contributed by atoms with E-state index in [9.17, 15) is 33.4 Å². The molecule has 11 nitrogen and oxygen atoms in total. The van der Waals surface area contributed by atoms with Crippen molar-refractivity contribution in [1.82, 2.24) is 20.6 Å². The SMILES string of the molecule is CC(C)(C)OC(=O)NC(C=O)c1ccc(Cc2cccc(Cl)c2F)cn1.CC(C)(C)OC(=O)NC(c1ccc(Cc2cccc(Cl)c2F)cn1)[C@H](O)CO. The molecule has 54 heavy (non-hydrogen) atoms. The molecule has 4 aromatic rings. The van der Waals surface area contributed by atoms with Crippen molar-refractivity contribution in [2.75, 3.05) is 6.61 Å². The molecule has 0 aliphatic rings. The minimum absolute atomic E-state index is 0.0507. The summed E-state index contributed by atoms with van der Waals surface area (Å²) in [7, 11) is 0. The van der Waals surface area contributed by atoms with E-state index in [1.165, 1.54) is 24.5 Å². The van der Waals surface area contributed by atoms with Crippen LogP contribution in [0.15, 0.2) is 73.1 Å². The highest BCUT2D eigenvalue weighted by molar-refractivity contribution is 6.31. The summed E-state index contributed by atoms with van der Waals surface area (Å²) in [6.07, 6.45) is 1.50. The number of aliphatic hydroxyl groups is 2. The largest absolute Gasteiger partial charge is 0.444 e. The Labute approximate surface area is 323 Å². The van der Waals surface area contributed by atoms with Crippen LogP contribution in [-0.2, 0) is 27.1 Å². The van der Waals surface area contributed by atoms with E-state index in [2.05, 4.69) is 20.6 Å². The lowest BCUT2D eigenvalue weighted by Gasteiger charge is -2.25. The summed E-state index contributed by atoms with van der Waals surface area (Å²) >= 11 is 11.6. The number of hydrogen-bond acceptors (Lipinski definition) is 9. The van der Waals surface area contributed by atoms with Gasteiger partial charge in [0.2, 0.25) is 0 Å².